The Bertz CT molecular complexity index is 1370. The minimum Gasteiger partial charge on any atom is -0.293 e. The van der Waals surface area contributed by atoms with Gasteiger partial charge in [-0.25, -0.2) is 14.4 Å². The van der Waals surface area contributed by atoms with Gasteiger partial charge < -0.3 is 0 Å². The van der Waals surface area contributed by atoms with Crippen LogP contribution in [0.5, 0.6) is 0 Å². The third-order valence-electron chi connectivity index (χ3n) is 4.85. The minimum absolute atomic E-state index is 0.113. The summed E-state index contributed by atoms with van der Waals surface area (Å²) in [5.74, 6) is -0.302. The number of nitrogens with zero attached hydrogens (tertiary/aromatic N) is 3. The van der Waals surface area contributed by atoms with Crippen LogP contribution in [-0.2, 0) is 13.0 Å². The van der Waals surface area contributed by atoms with Gasteiger partial charge in [-0.1, -0.05) is 42.5 Å². The van der Waals surface area contributed by atoms with Crippen LogP contribution in [0.15, 0.2) is 76.5 Å². The van der Waals surface area contributed by atoms with Gasteiger partial charge in [0.05, 0.1) is 29.0 Å². The fourth-order valence-corrected chi connectivity index (χ4v) is 5.10. The predicted octanol–water partition coefficient (Wildman–Crippen LogP) is 5.36. The molecule has 7 heteroatoms. The van der Waals surface area contributed by atoms with Crippen LogP contribution in [-0.4, -0.2) is 14.5 Å². The van der Waals surface area contributed by atoms with Crippen LogP contribution in [0.1, 0.15) is 16.3 Å². The Morgan fingerprint density at radius 2 is 1.77 bits per heavy atom. The summed E-state index contributed by atoms with van der Waals surface area (Å²) in [6.45, 7) is 0.367. The van der Waals surface area contributed by atoms with Gasteiger partial charge in [0, 0.05) is 22.7 Å². The second kappa shape index (κ2) is 7.93. The number of fused-ring (bicyclic) bond motifs is 1. The number of hydrogen-bond donors (Lipinski definition) is 0. The Labute approximate surface area is 179 Å². The van der Waals surface area contributed by atoms with Crippen molar-refractivity contribution in [3.8, 4) is 11.1 Å². The number of rotatable bonds is 5. The van der Waals surface area contributed by atoms with Crippen molar-refractivity contribution < 1.29 is 4.39 Å². The molecule has 0 radical (unpaired) electrons. The van der Waals surface area contributed by atoms with E-state index < -0.39 is 0 Å². The van der Waals surface area contributed by atoms with E-state index in [1.54, 1.807) is 34.4 Å². The molecule has 0 unspecified atom stereocenters. The lowest BCUT2D eigenvalue weighted by Gasteiger charge is -2.05. The van der Waals surface area contributed by atoms with Gasteiger partial charge in [0.1, 0.15) is 10.6 Å². The highest BCUT2D eigenvalue weighted by atomic mass is 32.1. The van der Waals surface area contributed by atoms with Crippen molar-refractivity contribution in [3.63, 3.8) is 0 Å². The molecule has 0 saturated carbocycles. The summed E-state index contributed by atoms with van der Waals surface area (Å²) in [7, 11) is 0. The minimum atomic E-state index is -0.302. The lowest BCUT2D eigenvalue weighted by atomic mass is 10.1. The zero-order valence-corrected chi connectivity index (χ0v) is 17.4. The molecule has 0 spiro atoms. The molecule has 0 atom stereocenters. The standard InChI is InChI=1S/C23H16FN3OS2/c24-17-8-6-16(7-9-17)19-13-30-22-21(19)23(28)27(14-25-22)11-18-12-29-20(26-18)10-15-4-2-1-3-5-15/h1-9,12-14H,10-11H2. The molecule has 0 saturated heterocycles. The second-order valence-corrected chi connectivity index (χ2v) is 8.71. The molecule has 0 aliphatic heterocycles. The molecule has 0 aliphatic rings. The lowest BCUT2D eigenvalue weighted by Crippen LogP contribution is -2.21. The van der Waals surface area contributed by atoms with Gasteiger partial charge in [0.25, 0.3) is 5.56 Å². The molecular weight excluding hydrogens is 417 g/mol. The Balaban J connectivity index is 1.45. The molecule has 5 rings (SSSR count). The maximum absolute atomic E-state index is 13.3. The monoisotopic (exact) mass is 433 g/mol. The van der Waals surface area contributed by atoms with E-state index in [0.29, 0.717) is 16.8 Å². The first kappa shape index (κ1) is 18.8. The van der Waals surface area contributed by atoms with Crippen molar-refractivity contribution in [2.45, 2.75) is 13.0 Å². The number of halogens is 1. The van der Waals surface area contributed by atoms with Crippen molar-refractivity contribution in [2.24, 2.45) is 0 Å². The average Bonchev–Trinajstić information content (AvgIpc) is 3.39. The van der Waals surface area contributed by atoms with Crippen molar-refractivity contribution in [2.75, 3.05) is 0 Å². The summed E-state index contributed by atoms with van der Waals surface area (Å²) >= 11 is 3.01. The third-order valence-corrected chi connectivity index (χ3v) is 6.63. The first-order valence-electron chi connectivity index (χ1n) is 9.37. The van der Waals surface area contributed by atoms with Gasteiger partial charge >= 0.3 is 0 Å². The zero-order chi connectivity index (χ0) is 20.5. The molecule has 0 bridgehead atoms. The van der Waals surface area contributed by atoms with Crippen LogP contribution >= 0.6 is 22.7 Å². The largest absolute Gasteiger partial charge is 0.293 e. The number of aromatic nitrogens is 3. The van der Waals surface area contributed by atoms with E-state index in [0.717, 1.165) is 28.2 Å². The van der Waals surface area contributed by atoms with Crippen LogP contribution in [0, 0.1) is 5.82 Å². The Kier molecular flexibility index (Phi) is 4.98. The third kappa shape index (κ3) is 3.69. The molecule has 0 N–H and O–H groups in total. The predicted molar refractivity (Wildman–Crippen MR) is 120 cm³/mol. The van der Waals surface area contributed by atoms with Gasteiger partial charge in [-0.15, -0.1) is 22.7 Å². The van der Waals surface area contributed by atoms with Crippen molar-refractivity contribution in [1.82, 2.24) is 14.5 Å². The van der Waals surface area contributed by atoms with Crippen LogP contribution in [0.2, 0.25) is 0 Å². The van der Waals surface area contributed by atoms with Gasteiger partial charge in [-0.05, 0) is 23.3 Å². The second-order valence-electron chi connectivity index (χ2n) is 6.91. The van der Waals surface area contributed by atoms with Gasteiger partial charge in [-0.3, -0.25) is 9.36 Å². The summed E-state index contributed by atoms with van der Waals surface area (Å²) in [6.07, 6.45) is 2.35. The lowest BCUT2D eigenvalue weighted by molar-refractivity contribution is 0.628. The number of hydrogen-bond acceptors (Lipinski definition) is 5. The fraction of sp³-hybridized carbons (Fsp3) is 0.0870. The summed E-state index contributed by atoms with van der Waals surface area (Å²) in [6, 6.07) is 16.4. The van der Waals surface area contributed by atoms with Crippen LogP contribution in [0.4, 0.5) is 4.39 Å². The van der Waals surface area contributed by atoms with E-state index in [1.807, 2.05) is 29.0 Å². The van der Waals surface area contributed by atoms with Crippen molar-refractivity contribution >= 4 is 32.9 Å². The molecule has 0 fully saturated rings. The Morgan fingerprint density at radius 1 is 0.967 bits per heavy atom. The summed E-state index contributed by atoms with van der Waals surface area (Å²) in [5.41, 5.74) is 3.52. The zero-order valence-electron chi connectivity index (χ0n) is 15.8. The number of thiazole rings is 1. The van der Waals surface area contributed by atoms with E-state index >= 15 is 0 Å². The molecule has 2 aromatic carbocycles. The maximum Gasteiger partial charge on any atom is 0.263 e. The Hall–Kier alpha value is -3.16. The van der Waals surface area contributed by atoms with Gasteiger partial charge in [0.2, 0.25) is 0 Å². The highest BCUT2D eigenvalue weighted by Crippen LogP contribution is 2.30. The quantitative estimate of drug-likeness (QED) is 0.375. The first-order chi connectivity index (χ1) is 14.7. The summed E-state index contributed by atoms with van der Waals surface area (Å²) in [4.78, 5) is 23.0. The molecule has 148 valence electrons. The summed E-state index contributed by atoms with van der Waals surface area (Å²) in [5, 5.41) is 5.47. The normalized spacial score (nSPS) is 11.2. The molecule has 4 nitrogen and oxygen atoms in total. The van der Waals surface area contributed by atoms with Gasteiger partial charge in [0.15, 0.2) is 0 Å². The highest BCUT2D eigenvalue weighted by Gasteiger charge is 2.14. The smallest absolute Gasteiger partial charge is 0.263 e. The van der Waals surface area contributed by atoms with Crippen LogP contribution < -0.4 is 5.56 Å². The van der Waals surface area contributed by atoms with Gasteiger partial charge in [-0.2, -0.15) is 0 Å². The molecular formula is C23H16FN3OS2. The SMILES string of the molecule is O=c1c2c(-c3ccc(F)cc3)csc2ncn1Cc1csc(Cc2ccccc2)n1. The highest BCUT2D eigenvalue weighted by molar-refractivity contribution is 7.17. The molecule has 3 heterocycles. The molecule has 3 aromatic heterocycles. The van der Waals surface area contributed by atoms with Crippen LogP contribution in [0.25, 0.3) is 21.3 Å². The molecule has 30 heavy (non-hydrogen) atoms. The van der Waals surface area contributed by atoms with E-state index in [2.05, 4.69) is 17.1 Å². The average molecular weight is 434 g/mol. The van der Waals surface area contributed by atoms with E-state index in [9.17, 15) is 9.18 Å². The maximum atomic E-state index is 13.3. The topological polar surface area (TPSA) is 47.8 Å². The molecule has 5 aromatic rings. The Morgan fingerprint density at radius 3 is 2.57 bits per heavy atom. The van der Waals surface area contributed by atoms with Crippen molar-refractivity contribution in [3.05, 3.63) is 104 Å². The van der Waals surface area contributed by atoms with Crippen molar-refractivity contribution in [1.29, 1.82) is 0 Å². The molecule has 0 amide bonds. The molecule has 0 aliphatic carbocycles. The fourth-order valence-electron chi connectivity index (χ4n) is 3.37. The van der Waals surface area contributed by atoms with E-state index in [1.165, 1.54) is 29.0 Å². The number of benzene rings is 2. The van der Waals surface area contributed by atoms with E-state index in [4.69, 9.17) is 4.98 Å². The van der Waals surface area contributed by atoms with E-state index in [-0.39, 0.29) is 11.4 Å². The summed E-state index contributed by atoms with van der Waals surface area (Å²) < 4.78 is 14.9. The first-order valence-corrected chi connectivity index (χ1v) is 11.1. The number of thiophene rings is 1. The van der Waals surface area contributed by atoms with Crippen LogP contribution in [0.3, 0.4) is 0 Å².